The SMILES string of the molecule is O=C(CSc1nc2ncccc2c(=O)n1-c1ccccc1)N[C@@H]1CCCc2ccccc21. The molecule has 1 atom stereocenters. The van der Waals surface area contributed by atoms with Crippen LogP contribution in [0.15, 0.2) is 82.9 Å². The lowest BCUT2D eigenvalue weighted by Crippen LogP contribution is -2.32. The molecule has 0 bridgehead atoms. The number of pyridine rings is 1. The van der Waals surface area contributed by atoms with Crippen LogP contribution in [0.1, 0.15) is 30.0 Å². The van der Waals surface area contributed by atoms with Crippen molar-refractivity contribution in [1.29, 1.82) is 0 Å². The second-order valence-corrected chi connectivity index (χ2v) is 8.69. The number of aromatic nitrogens is 3. The fourth-order valence-electron chi connectivity index (χ4n) is 4.17. The van der Waals surface area contributed by atoms with Crippen molar-refractivity contribution in [3.05, 3.63) is 94.4 Å². The average Bonchev–Trinajstić information content (AvgIpc) is 2.84. The van der Waals surface area contributed by atoms with E-state index in [0.29, 0.717) is 21.9 Å². The Kier molecular flexibility index (Phi) is 5.73. The lowest BCUT2D eigenvalue weighted by Gasteiger charge is -2.26. The predicted octanol–water partition coefficient (Wildman–Crippen LogP) is 4.07. The quantitative estimate of drug-likeness (QED) is 0.372. The minimum Gasteiger partial charge on any atom is -0.349 e. The standard InChI is InChI=1S/C25H22N4O2S/c30-22(27-21-14-6-9-17-8-4-5-12-19(17)21)16-32-25-28-23-20(13-7-15-26-23)24(31)29(25)18-10-2-1-3-11-18/h1-5,7-8,10-13,15,21H,6,9,14,16H2,(H,27,30)/t21-/m1/s1. The largest absolute Gasteiger partial charge is 0.349 e. The summed E-state index contributed by atoms with van der Waals surface area (Å²) in [6.45, 7) is 0. The first-order valence-corrected chi connectivity index (χ1v) is 11.6. The van der Waals surface area contributed by atoms with Gasteiger partial charge < -0.3 is 5.32 Å². The summed E-state index contributed by atoms with van der Waals surface area (Å²) in [4.78, 5) is 34.9. The molecule has 7 heteroatoms. The molecule has 32 heavy (non-hydrogen) atoms. The summed E-state index contributed by atoms with van der Waals surface area (Å²) in [6.07, 6.45) is 4.65. The van der Waals surface area contributed by atoms with E-state index in [0.717, 1.165) is 19.3 Å². The van der Waals surface area contributed by atoms with E-state index >= 15 is 0 Å². The summed E-state index contributed by atoms with van der Waals surface area (Å²) in [7, 11) is 0. The van der Waals surface area contributed by atoms with Gasteiger partial charge in [-0.15, -0.1) is 0 Å². The fourth-order valence-corrected chi connectivity index (χ4v) is 4.98. The molecule has 0 saturated heterocycles. The fraction of sp³-hybridized carbons (Fsp3) is 0.200. The summed E-state index contributed by atoms with van der Waals surface area (Å²) in [5, 5.41) is 4.06. The Balaban J connectivity index is 1.41. The van der Waals surface area contributed by atoms with Gasteiger partial charge in [-0.2, -0.15) is 0 Å². The van der Waals surface area contributed by atoms with Crippen LogP contribution in [0.5, 0.6) is 0 Å². The van der Waals surface area contributed by atoms with Crippen LogP contribution in [-0.4, -0.2) is 26.2 Å². The van der Waals surface area contributed by atoms with Crippen molar-refractivity contribution in [2.75, 3.05) is 5.75 Å². The molecular formula is C25H22N4O2S. The van der Waals surface area contributed by atoms with Gasteiger partial charge in [0.05, 0.1) is 22.9 Å². The molecule has 4 aromatic rings. The number of fused-ring (bicyclic) bond motifs is 2. The van der Waals surface area contributed by atoms with Crippen molar-refractivity contribution in [1.82, 2.24) is 19.9 Å². The van der Waals surface area contributed by atoms with Gasteiger partial charge in [0.15, 0.2) is 10.8 Å². The molecule has 2 aromatic heterocycles. The van der Waals surface area contributed by atoms with Gasteiger partial charge in [0.2, 0.25) is 5.91 Å². The number of benzene rings is 2. The summed E-state index contributed by atoms with van der Waals surface area (Å²) in [5.41, 5.74) is 3.40. The number of rotatable bonds is 5. The molecule has 0 spiro atoms. The Morgan fingerprint density at radius 2 is 1.88 bits per heavy atom. The van der Waals surface area contributed by atoms with Crippen LogP contribution in [0, 0.1) is 0 Å². The number of nitrogens with one attached hydrogen (secondary N) is 1. The smallest absolute Gasteiger partial charge is 0.268 e. The Morgan fingerprint density at radius 1 is 1.06 bits per heavy atom. The highest BCUT2D eigenvalue weighted by molar-refractivity contribution is 7.99. The van der Waals surface area contributed by atoms with Gasteiger partial charge in [-0.05, 0) is 54.7 Å². The van der Waals surface area contributed by atoms with E-state index in [1.165, 1.54) is 22.9 Å². The van der Waals surface area contributed by atoms with Gasteiger partial charge in [0, 0.05) is 6.20 Å². The summed E-state index contributed by atoms with van der Waals surface area (Å²) in [6, 6.07) is 21.1. The van der Waals surface area contributed by atoms with E-state index in [4.69, 9.17) is 0 Å². The van der Waals surface area contributed by atoms with Crippen LogP contribution in [0.25, 0.3) is 16.7 Å². The van der Waals surface area contributed by atoms with Gasteiger partial charge in [0.25, 0.3) is 5.56 Å². The van der Waals surface area contributed by atoms with E-state index in [9.17, 15) is 9.59 Å². The summed E-state index contributed by atoms with van der Waals surface area (Å²) < 4.78 is 1.55. The molecule has 1 amide bonds. The molecule has 1 aliphatic rings. The lowest BCUT2D eigenvalue weighted by atomic mass is 9.88. The van der Waals surface area contributed by atoms with E-state index in [2.05, 4.69) is 27.4 Å². The molecule has 0 unspecified atom stereocenters. The number of hydrogen-bond acceptors (Lipinski definition) is 5. The molecule has 1 N–H and O–H groups in total. The number of carbonyl (C=O) groups excluding carboxylic acids is 1. The normalized spacial score (nSPS) is 15.3. The maximum Gasteiger partial charge on any atom is 0.268 e. The summed E-state index contributed by atoms with van der Waals surface area (Å²) >= 11 is 1.25. The molecule has 2 aromatic carbocycles. The monoisotopic (exact) mass is 442 g/mol. The van der Waals surface area contributed by atoms with Crippen LogP contribution in [0.3, 0.4) is 0 Å². The maximum atomic E-state index is 13.2. The second kappa shape index (κ2) is 8.96. The predicted molar refractivity (Wildman–Crippen MR) is 126 cm³/mol. The maximum absolute atomic E-state index is 13.2. The number of aryl methyl sites for hydroxylation is 1. The highest BCUT2D eigenvalue weighted by Gasteiger charge is 2.22. The third-order valence-electron chi connectivity index (χ3n) is 5.66. The van der Waals surface area contributed by atoms with E-state index in [-0.39, 0.29) is 23.3 Å². The summed E-state index contributed by atoms with van der Waals surface area (Å²) in [5.74, 6) is 0.0858. The second-order valence-electron chi connectivity index (χ2n) is 7.74. The van der Waals surface area contributed by atoms with Gasteiger partial charge in [0.1, 0.15) is 0 Å². The number of para-hydroxylation sites is 1. The first kappa shape index (κ1) is 20.5. The number of amides is 1. The van der Waals surface area contributed by atoms with Crippen molar-refractivity contribution in [3.8, 4) is 5.69 Å². The van der Waals surface area contributed by atoms with Crippen LogP contribution < -0.4 is 10.9 Å². The van der Waals surface area contributed by atoms with E-state index in [1.807, 2.05) is 42.5 Å². The molecule has 2 heterocycles. The number of carbonyl (C=O) groups is 1. The first-order valence-electron chi connectivity index (χ1n) is 10.6. The van der Waals surface area contributed by atoms with Crippen molar-refractivity contribution < 1.29 is 4.79 Å². The van der Waals surface area contributed by atoms with E-state index < -0.39 is 0 Å². The lowest BCUT2D eigenvalue weighted by molar-refractivity contribution is -0.119. The van der Waals surface area contributed by atoms with Crippen molar-refractivity contribution in [2.45, 2.75) is 30.5 Å². The minimum absolute atomic E-state index is 0.0237. The van der Waals surface area contributed by atoms with E-state index in [1.54, 1.807) is 22.9 Å². The minimum atomic E-state index is -0.196. The molecule has 160 valence electrons. The van der Waals surface area contributed by atoms with Gasteiger partial charge in [-0.3, -0.25) is 14.2 Å². The van der Waals surface area contributed by atoms with Gasteiger partial charge in [-0.1, -0.05) is 54.2 Å². The molecule has 0 radical (unpaired) electrons. The number of nitrogens with zero attached hydrogens (tertiary/aromatic N) is 3. The number of thioether (sulfide) groups is 1. The molecule has 6 nitrogen and oxygen atoms in total. The molecular weight excluding hydrogens is 420 g/mol. The van der Waals surface area contributed by atoms with Gasteiger partial charge >= 0.3 is 0 Å². The third-order valence-corrected chi connectivity index (χ3v) is 6.60. The molecule has 0 aliphatic heterocycles. The molecule has 1 aliphatic carbocycles. The molecule has 0 fully saturated rings. The number of hydrogen-bond donors (Lipinski definition) is 1. The van der Waals surface area contributed by atoms with Crippen LogP contribution in [0.2, 0.25) is 0 Å². The van der Waals surface area contributed by atoms with Crippen LogP contribution in [-0.2, 0) is 11.2 Å². The van der Waals surface area contributed by atoms with Crippen LogP contribution in [0.4, 0.5) is 0 Å². The van der Waals surface area contributed by atoms with Crippen molar-refractivity contribution in [3.63, 3.8) is 0 Å². The highest BCUT2D eigenvalue weighted by atomic mass is 32.2. The Labute approximate surface area is 189 Å². The molecule has 5 rings (SSSR count). The topological polar surface area (TPSA) is 76.9 Å². The Bertz CT molecular complexity index is 1340. The Hall–Kier alpha value is -3.45. The van der Waals surface area contributed by atoms with Crippen LogP contribution >= 0.6 is 11.8 Å². The first-order chi connectivity index (χ1) is 15.7. The van der Waals surface area contributed by atoms with Crippen molar-refractivity contribution in [2.24, 2.45) is 0 Å². The third kappa shape index (κ3) is 4.03. The zero-order valence-electron chi connectivity index (χ0n) is 17.4. The Morgan fingerprint density at radius 3 is 2.75 bits per heavy atom. The van der Waals surface area contributed by atoms with Crippen molar-refractivity contribution >= 4 is 28.7 Å². The zero-order chi connectivity index (χ0) is 21.9. The van der Waals surface area contributed by atoms with Gasteiger partial charge in [-0.25, -0.2) is 9.97 Å². The molecule has 0 saturated carbocycles. The highest BCUT2D eigenvalue weighted by Crippen LogP contribution is 2.29. The average molecular weight is 443 g/mol. The zero-order valence-corrected chi connectivity index (χ0v) is 18.2.